The van der Waals surface area contributed by atoms with Gasteiger partial charge in [-0.1, -0.05) is 13.8 Å². The first-order chi connectivity index (χ1) is 11.7. The molecule has 0 aliphatic carbocycles. The molecule has 0 N–H and O–H groups in total. The number of rotatable bonds is 7. The maximum absolute atomic E-state index is 9.07. The molecule has 24 heavy (non-hydrogen) atoms. The lowest BCUT2D eigenvalue weighted by Gasteiger charge is -2.07. The molecule has 0 unspecified atom stereocenters. The van der Waals surface area contributed by atoms with Gasteiger partial charge in [0.15, 0.2) is 9.95 Å². The average molecular weight is 324 g/mol. The molecule has 2 rings (SSSR count). The fraction of sp³-hybridized carbons (Fsp3) is 0.333. The smallest absolute Gasteiger partial charge is 0.426 e. The van der Waals surface area contributed by atoms with E-state index in [1.807, 2.05) is 38.1 Å². The van der Waals surface area contributed by atoms with Crippen molar-refractivity contribution in [2.45, 2.75) is 26.7 Å². The number of diazo groups is 2. The topological polar surface area (TPSA) is 74.8 Å². The van der Waals surface area contributed by atoms with Gasteiger partial charge in [0.1, 0.15) is 0 Å². The van der Waals surface area contributed by atoms with Gasteiger partial charge in [-0.15, -0.1) is 0 Å². The van der Waals surface area contributed by atoms with E-state index < -0.39 is 0 Å². The first-order valence-corrected chi connectivity index (χ1v) is 7.97. The predicted octanol–water partition coefficient (Wildman–Crippen LogP) is 5.90. The Morgan fingerprint density at radius 1 is 0.750 bits per heavy atom. The highest BCUT2D eigenvalue weighted by molar-refractivity contribution is 5.75. The van der Waals surface area contributed by atoms with E-state index in [0.29, 0.717) is 36.1 Å². The molecule has 0 amide bonds. The highest BCUT2D eigenvalue weighted by Crippen LogP contribution is 2.37. The van der Waals surface area contributed by atoms with Crippen LogP contribution in [0.15, 0.2) is 36.4 Å². The van der Waals surface area contributed by atoms with Crippen molar-refractivity contribution < 1.29 is 9.47 Å². The molecular formula is C18H20N4O2+2. The Kier molecular flexibility index (Phi) is 6.10. The number of nitrogens with zero attached hydrogens (tertiary/aromatic N) is 4. The molecule has 2 aromatic rings. The van der Waals surface area contributed by atoms with E-state index in [4.69, 9.17) is 20.3 Å². The van der Waals surface area contributed by atoms with Crippen LogP contribution in [0.25, 0.3) is 21.1 Å². The third kappa shape index (κ3) is 3.99. The standard InChI is InChI=1S/C18H20N4O2/c1-3-9-23-17-11-13(5-7-15(17)21-19)14-6-8-16(22-20)18(12-14)24-10-4-2/h5-8,11-12H,3-4,9-10H2,1-2H3/q+2. The molecule has 0 atom stereocenters. The van der Waals surface area contributed by atoms with Crippen molar-refractivity contribution in [3.63, 3.8) is 0 Å². The Morgan fingerprint density at radius 3 is 1.50 bits per heavy atom. The van der Waals surface area contributed by atoms with E-state index in [1.54, 1.807) is 12.1 Å². The lowest BCUT2D eigenvalue weighted by atomic mass is 10.0. The van der Waals surface area contributed by atoms with Crippen molar-refractivity contribution >= 4 is 11.4 Å². The molecule has 6 nitrogen and oxygen atoms in total. The molecule has 0 fully saturated rings. The Labute approximate surface area is 141 Å². The Balaban J connectivity index is 2.40. The normalized spacial score (nSPS) is 9.83. The minimum atomic E-state index is 0.386. The van der Waals surface area contributed by atoms with Crippen molar-refractivity contribution in [3.8, 4) is 22.6 Å². The SMILES string of the molecule is CCCOc1cc(-c2ccc([N+]#N)c(OCCC)c2)ccc1[N+]#N. The third-order valence-corrected chi connectivity index (χ3v) is 3.39. The lowest BCUT2D eigenvalue weighted by Crippen LogP contribution is -1.96. The van der Waals surface area contributed by atoms with Crippen molar-refractivity contribution in [2.75, 3.05) is 13.2 Å². The first-order valence-electron chi connectivity index (χ1n) is 7.97. The molecule has 0 radical (unpaired) electrons. The van der Waals surface area contributed by atoms with Crippen LogP contribution in [0.3, 0.4) is 0 Å². The maximum atomic E-state index is 9.07. The van der Waals surface area contributed by atoms with Gasteiger partial charge in [-0.2, -0.15) is 0 Å². The highest BCUT2D eigenvalue weighted by atomic mass is 16.5. The van der Waals surface area contributed by atoms with E-state index in [1.165, 1.54) is 0 Å². The molecule has 0 saturated heterocycles. The molecule has 0 heterocycles. The number of ether oxygens (including phenoxy) is 2. The van der Waals surface area contributed by atoms with Gasteiger partial charge in [0.25, 0.3) is 0 Å². The van der Waals surface area contributed by atoms with Crippen LogP contribution >= 0.6 is 0 Å². The van der Waals surface area contributed by atoms with Crippen LogP contribution in [0, 0.1) is 10.8 Å². The van der Waals surface area contributed by atoms with Gasteiger partial charge in [-0.05, 0) is 48.2 Å². The largest absolute Gasteiger partial charge is 0.486 e. The van der Waals surface area contributed by atoms with Gasteiger partial charge in [-0.3, -0.25) is 0 Å². The summed E-state index contributed by atoms with van der Waals surface area (Å²) in [5, 5.41) is 18.1. The van der Waals surface area contributed by atoms with Crippen LogP contribution in [0.5, 0.6) is 11.5 Å². The fourth-order valence-electron chi connectivity index (χ4n) is 2.21. The van der Waals surface area contributed by atoms with E-state index in [9.17, 15) is 0 Å². The molecule has 0 aromatic heterocycles. The monoisotopic (exact) mass is 324 g/mol. The van der Waals surface area contributed by atoms with Crippen molar-refractivity contribution in [1.29, 1.82) is 10.8 Å². The summed E-state index contributed by atoms with van der Waals surface area (Å²) in [4.78, 5) is 6.49. The molecule has 0 bridgehead atoms. The molecule has 0 spiro atoms. The highest BCUT2D eigenvalue weighted by Gasteiger charge is 2.19. The van der Waals surface area contributed by atoms with Crippen LogP contribution in [0.2, 0.25) is 0 Å². The van der Waals surface area contributed by atoms with E-state index in [-0.39, 0.29) is 0 Å². The second-order valence-corrected chi connectivity index (χ2v) is 5.26. The van der Waals surface area contributed by atoms with Gasteiger partial charge in [0.05, 0.1) is 13.2 Å². The number of benzene rings is 2. The molecular weight excluding hydrogens is 304 g/mol. The van der Waals surface area contributed by atoms with Crippen molar-refractivity contribution in [2.24, 2.45) is 0 Å². The summed E-state index contributed by atoms with van der Waals surface area (Å²) >= 11 is 0. The molecule has 0 aliphatic heterocycles. The van der Waals surface area contributed by atoms with Crippen LogP contribution in [0.1, 0.15) is 26.7 Å². The van der Waals surface area contributed by atoms with Crippen LogP contribution < -0.4 is 9.47 Å². The Hall–Kier alpha value is -3.12. The molecule has 0 saturated carbocycles. The second-order valence-electron chi connectivity index (χ2n) is 5.26. The quantitative estimate of drug-likeness (QED) is 0.594. The number of hydrogen-bond acceptors (Lipinski definition) is 4. The van der Waals surface area contributed by atoms with Gasteiger partial charge in [-0.25, -0.2) is 0 Å². The van der Waals surface area contributed by atoms with Crippen molar-refractivity contribution in [1.82, 2.24) is 0 Å². The molecule has 0 aliphatic rings. The summed E-state index contributed by atoms with van der Waals surface area (Å²) in [5.74, 6) is 1.03. The lowest BCUT2D eigenvalue weighted by molar-refractivity contribution is 0.319. The summed E-state index contributed by atoms with van der Waals surface area (Å²) in [6.45, 7) is 5.10. The van der Waals surface area contributed by atoms with Crippen molar-refractivity contribution in [3.05, 3.63) is 46.4 Å². The zero-order chi connectivity index (χ0) is 17.4. The Morgan fingerprint density at radius 2 is 1.17 bits per heavy atom. The summed E-state index contributed by atoms with van der Waals surface area (Å²) in [5.41, 5.74) is 2.55. The van der Waals surface area contributed by atoms with E-state index in [2.05, 4.69) is 9.95 Å². The van der Waals surface area contributed by atoms with Gasteiger partial charge in [0, 0.05) is 12.1 Å². The first kappa shape index (κ1) is 17.2. The van der Waals surface area contributed by atoms with Crippen LogP contribution in [0.4, 0.5) is 11.4 Å². The second kappa shape index (κ2) is 8.50. The Bertz CT molecular complexity index is 723. The fourth-order valence-corrected chi connectivity index (χ4v) is 2.21. The van der Waals surface area contributed by atoms with Gasteiger partial charge in [0.2, 0.25) is 22.3 Å². The molecule has 122 valence electrons. The van der Waals surface area contributed by atoms with E-state index >= 15 is 0 Å². The maximum Gasteiger partial charge on any atom is 0.426 e. The third-order valence-electron chi connectivity index (χ3n) is 3.39. The predicted molar refractivity (Wildman–Crippen MR) is 92.9 cm³/mol. The van der Waals surface area contributed by atoms with Crippen LogP contribution in [-0.4, -0.2) is 13.2 Å². The minimum absolute atomic E-state index is 0.386. The van der Waals surface area contributed by atoms with Gasteiger partial charge >= 0.3 is 11.4 Å². The van der Waals surface area contributed by atoms with Gasteiger partial charge < -0.3 is 9.47 Å². The number of hydrogen-bond donors (Lipinski definition) is 0. The summed E-state index contributed by atoms with van der Waals surface area (Å²) in [7, 11) is 0. The minimum Gasteiger partial charge on any atom is -0.486 e. The molecule has 2 aromatic carbocycles. The van der Waals surface area contributed by atoms with Crippen LogP contribution in [-0.2, 0) is 0 Å². The summed E-state index contributed by atoms with van der Waals surface area (Å²) < 4.78 is 11.3. The molecule has 6 heteroatoms. The summed E-state index contributed by atoms with van der Waals surface area (Å²) in [6, 6.07) is 10.7. The average Bonchev–Trinajstić information content (AvgIpc) is 2.64. The zero-order valence-electron chi connectivity index (χ0n) is 13.9. The summed E-state index contributed by atoms with van der Waals surface area (Å²) in [6.07, 6.45) is 1.72. The zero-order valence-corrected chi connectivity index (χ0v) is 13.9. The van der Waals surface area contributed by atoms with E-state index in [0.717, 1.165) is 24.0 Å².